The molecular formula is C3H6O3. The van der Waals surface area contributed by atoms with Crippen LogP contribution in [0.2, 0.25) is 0 Å². The minimum atomic E-state index is -0.565. The van der Waals surface area contributed by atoms with Gasteiger partial charge in [0, 0.05) is 0 Å². The van der Waals surface area contributed by atoms with Gasteiger partial charge in [0.2, 0.25) is 6.79 Å². The lowest BCUT2D eigenvalue weighted by Gasteiger charge is -2.10. The van der Waals surface area contributed by atoms with Gasteiger partial charge in [0.25, 0.3) is 0 Å². The van der Waals surface area contributed by atoms with Crippen LogP contribution in [-0.2, 0) is 9.47 Å². The molecule has 3 heteroatoms. The van der Waals surface area contributed by atoms with Gasteiger partial charge < -0.3 is 9.47 Å². The molecule has 0 aromatic rings. The van der Waals surface area contributed by atoms with Gasteiger partial charge in [-0.3, -0.25) is 0 Å². The Bertz CT molecular complexity index is 53.1. The Labute approximate surface area is 35.9 Å². The van der Waals surface area contributed by atoms with Gasteiger partial charge in [-0.15, -0.1) is 0 Å². The lowest BCUT2D eigenvalue weighted by Crippen LogP contribution is -2.21. The fourth-order valence-electron chi connectivity index (χ4n) is 0.107. The van der Waals surface area contributed by atoms with E-state index >= 15 is 0 Å². The molecule has 0 aliphatic carbocycles. The van der Waals surface area contributed by atoms with Gasteiger partial charge in [0.1, 0.15) is 0 Å². The van der Waals surface area contributed by atoms with Crippen molar-refractivity contribution in [1.82, 2.24) is 0 Å². The Hall–Kier alpha value is -0.730. The average molecular weight is 90.1 g/mol. The molecule has 1 fully saturated rings. The molecule has 0 unspecified atom stereocenters. The molecule has 0 bridgehead atoms. The summed E-state index contributed by atoms with van der Waals surface area (Å²) < 4.78 is 8.14. The average Bonchev–Trinajstić information content (AvgIpc) is 1.30. The quantitative estimate of drug-likeness (QED) is 0.411. The third kappa shape index (κ3) is 0.607. The highest BCUT2D eigenvalue weighted by Gasteiger charge is 2.12. The van der Waals surface area contributed by atoms with Crippen molar-refractivity contribution in [3.8, 4) is 0 Å². The van der Waals surface area contributed by atoms with Crippen LogP contribution in [0.3, 0.4) is 0 Å². The smallest absolute Gasteiger partial charge is 0.396 e. The zero-order valence-electron chi connectivity index (χ0n) is 2.43. The second kappa shape index (κ2) is 1.64. The van der Waals surface area contributed by atoms with E-state index in [-0.39, 0.29) is 14.2 Å². The van der Waals surface area contributed by atoms with Crippen molar-refractivity contribution < 1.29 is 14.3 Å². The summed E-state index contributed by atoms with van der Waals surface area (Å²) in [6.45, 7) is 0.138. The van der Waals surface area contributed by atoms with Gasteiger partial charge in [-0.25, -0.2) is 4.79 Å². The molecular weight excluding hydrogens is 84.0 g/mol. The van der Waals surface area contributed by atoms with Crippen molar-refractivity contribution in [2.75, 3.05) is 6.79 Å². The van der Waals surface area contributed by atoms with E-state index in [9.17, 15) is 4.79 Å². The molecule has 3 nitrogen and oxygen atoms in total. The second-order valence-corrected chi connectivity index (χ2v) is 0.657. The first-order chi connectivity index (χ1) is 2.39. The standard InChI is InChI=1S/C2H2O3.CH4/c3-2-4-1-5-2;/h1H2;1H4. The van der Waals surface area contributed by atoms with Crippen LogP contribution in [-0.4, -0.2) is 12.9 Å². The summed E-state index contributed by atoms with van der Waals surface area (Å²) in [4.78, 5) is 9.45. The van der Waals surface area contributed by atoms with E-state index in [1.54, 1.807) is 0 Å². The van der Waals surface area contributed by atoms with Crippen LogP contribution in [0.4, 0.5) is 4.79 Å². The predicted octanol–water partition coefficient (Wildman–Crippen LogP) is 0.747. The minimum Gasteiger partial charge on any atom is -0.396 e. The highest BCUT2D eigenvalue weighted by atomic mass is 16.9. The van der Waals surface area contributed by atoms with E-state index in [1.165, 1.54) is 0 Å². The summed E-state index contributed by atoms with van der Waals surface area (Å²) in [7, 11) is 0. The molecule has 0 spiro atoms. The maximum Gasteiger partial charge on any atom is 0.514 e. The minimum absolute atomic E-state index is 0. The Kier molecular flexibility index (Phi) is 1.44. The molecule has 0 aromatic heterocycles. The maximum atomic E-state index is 9.45. The summed E-state index contributed by atoms with van der Waals surface area (Å²) in [6.07, 6.45) is -0.565. The van der Waals surface area contributed by atoms with Crippen molar-refractivity contribution >= 4 is 6.16 Å². The summed E-state index contributed by atoms with van der Waals surface area (Å²) in [5.74, 6) is 0. The van der Waals surface area contributed by atoms with Crippen molar-refractivity contribution in [1.29, 1.82) is 0 Å². The normalized spacial score (nSPS) is 15.7. The molecule has 0 atom stereocenters. The third-order valence-electron chi connectivity index (χ3n) is 0.354. The van der Waals surface area contributed by atoms with Crippen LogP contribution in [0.25, 0.3) is 0 Å². The van der Waals surface area contributed by atoms with Crippen molar-refractivity contribution in [3.05, 3.63) is 0 Å². The van der Waals surface area contributed by atoms with Crippen LogP contribution >= 0.6 is 0 Å². The van der Waals surface area contributed by atoms with E-state index in [0.717, 1.165) is 0 Å². The number of carbonyl (C=O) groups excluding carboxylic acids is 1. The molecule has 1 rings (SSSR count). The van der Waals surface area contributed by atoms with E-state index < -0.39 is 6.16 Å². The van der Waals surface area contributed by atoms with Gasteiger partial charge in [0.15, 0.2) is 0 Å². The molecule has 0 radical (unpaired) electrons. The highest BCUT2D eigenvalue weighted by molar-refractivity contribution is 5.62. The molecule has 36 valence electrons. The first-order valence-electron chi connectivity index (χ1n) is 1.19. The van der Waals surface area contributed by atoms with Crippen molar-refractivity contribution in [2.24, 2.45) is 0 Å². The number of hydrogen-bond acceptors (Lipinski definition) is 3. The van der Waals surface area contributed by atoms with Gasteiger partial charge in [-0.05, 0) is 0 Å². The SMILES string of the molecule is C.O=C1OCO1. The van der Waals surface area contributed by atoms with E-state index in [2.05, 4.69) is 9.47 Å². The van der Waals surface area contributed by atoms with Gasteiger partial charge in [-0.1, -0.05) is 7.43 Å². The molecule has 1 saturated heterocycles. The largest absolute Gasteiger partial charge is 0.514 e. The molecule has 0 aromatic carbocycles. The summed E-state index contributed by atoms with van der Waals surface area (Å²) in [6, 6.07) is 0. The first kappa shape index (κ1) is 5.27. The molecule has 0 saturated carbocycles. The van der Waals surface area contributed by atoms with Crippen LogP contribution in [0.1, 0.15) is 7.43 Å². The molecule has 6 heavy (non-hydrogen) atoms. The fourth-order valence-corrected chi connectivity index (χ4v) is 0.107. The Morgan fingerprint density at radius 1 is 1.50 bits per heavy atom. The van der Waals surface area contributed by atoms with Gasteiger partial charge >= 0.3 is 6.16 Å². The molecule has 1 aliphatic rings. The monoisotopic (exact) mass is 90.0 g/mol. The van der Waals surface area contributed by atoms with E-state index in [4.69, 9.17) is 0 Å². The zero-order valence-corrected chi connectivity index (χ0v) is 2.43. The van der Waals surface area contributed by atoms with E-state index in [1.807, 2.05) is 0 Å². The molecule has 1 aliphatic heterocycles. The third-order valence-corrected chi connectivity index (χ3v) is 0.354. The maximum absolute atomic E-state index is 9.45. The van der Waals surface area contributed by atoms with Crippen molar-refractivity contribution in [2.45, 2.75) is 7.43 Å². The van der Waals surface area contributed by atoms with Gasteiger partial charge in [-0.2, -0.15) is 0 Å². The number of rotatable bonds is 0. The Morgan fingerprint density at radius 2 is 1.83 bits per heavy atom. The lowest BCUT2D eigenvalue weighted by atomic mass is 11.1. The number of hydrogen-bond donors (Lipinski definition) is 0. The fraction of sp³-hybridized carbons (Fsp3) is 0.667. The lowest BCUT2D eigenvalue weighted by molar-refractivity contribution is -0.102. The number of cyclic esters (lactones) is 2. The highest BCUT2D eigenvalue weighted by Crippen LogP contribution is 1.94. The second-order valence-electron chi connectivity index (χ2n) is 0.657. The van der Waals surface area contributed by atoms with Crippen molar-refractivity contribution in [3.63, 3.8) is 0 Å². The molecule has 0 amide bonds. The van der Waals surface area contributed by atoms with E-state index in [0.29, 0.717) is 0 Å². The number of ether oxygens (including phenoxy) is 2. The molecule has 0 N–H and O–H groups in total. The van der Waals surface area contributed by atoms with Gasteiger partial charge in [0.05, 0.1) is 0 Å². The predicted molar refractivity (Wildman–Crippen MR) is 19.2 cm³/mol. The Balaban J connectivity index is 0.000000250. The van der Waals surface area contributed by atoms with Crippen LogP contribution in [0.5, 0.6) is 0 Å². The zero-order chi connectivity index (χ0) is 3.70. The summed E-state index contributed by atoms with van der Waals surface area (Å²) in [5, 5.41) is 0. The van der Waals surface area contributed by atoms with Crippen LogP contribution in [0, 0.1) is 0 Å². The topological polar surface area (TPSA) is 35.5 Å². The number of carbonyl (C=O) groups is 1. The molecule has 1 heterocycles. The first-order valence-corrected chi connectivity index (χ1v) is 1.19. The summed E-state index contributed by atoms with van der Waals surface area (Å²) >= 11 is 0. The van der Waals surface area contributed by atoms with Crippen LogP contribution < -0.4 is 0 Å². The summed E-state index contributed by atoms with van der Waals surface area (Å²) in [5.41, 5.74) is 0. The Morgan fingerprint density at radius 3 is 1.83 bits per heavy atom. The van der Waals surface area contributed by atoms with Crippen LogP contribution in [0.15, 0.2) is 0 Å².